The Kier molecular flexibility index (Phi) is 4.93. The number of carbonyl (C=O) groups excluding carboxylic acids is 2. The molecule has 0 saturated carbocycles. The smallest absolute Gasteiger partial charge is 0.236 e. The number of amides is 2. The second kappa shape index (κ2) is 6.00. The van der Waals surface area contributed by atoms with Crippen LogP contribution in [-0.4, -0.2) is 53.3 Å². The summed E-state index contributed by atoms with van der Waals surface area (Å²) in [6.45, 7) is 7.03. The SMILES string of the molecule is CC(=O)N(C(C)C)C1CCCN(C(=O)CN)C1. The highest BCUT2D eigenvalue weighted by Crippen LogP contribution is 2.18. The van der Waals surface area contributed by atoms with Gasteiger partial charge in [-0.1, -0.05) is 0 Å². The molecule has 1 unspecified atom stereocenters. The zero-order valence-electron chi connectivity index (χ0n) is 11.0. The summed E-state index contributed by atoms with van der Waals surface area (Å²) in [6, 6.07) is 0.308. The van der Waals surface area contributed by atoms with Gasteiger partial charge in [-0.2, -0.15) is 0 Å². The molecule has 0 radical (unpaired) electrons. The number of likely N-dealkylation sites (tertiary alicyclic amines) is 1. The Hall–Kier alpha value is -1.10. The van der Waals surface area contributed by atoms with Crippen molar-refractivity contribution in [3.05, 3.63) is 0 Å². The monoisotopic (exact) mass is 241 g/mol. The third-order valence-corrected chi connectivity index (χ3v) is 3.24. The molecule has 2 N–H and O–H groups in total. The lowest BCUT2D eigenvalue weighted by molar-refractivity contribution is -0.139. The van der Waals surface area contributed by atoms with E-state index in [-0.39, 0.29) is 30.4 Å². The summed E-state index contributed by atoms with van der Waals surface area (Å²) in [5, 5.41) is 0. The molecule has 0 aromatic carbocycles. The number of carbonyl (C=O) groups is 2. The lowest BCUT2D eigenvalue weighted by atomic mass is 10.0. The topological polar surface area (TPSA) is 66.6 Å². The van der Waals surface area contributed by atoms with E-state index in [0.717, 1.165) is 19.4 Å². The average molecular weight is 241 g/mol. The van der Waals surface area contributed by atoms with Crippen LogP contribution in [0.2, 0.25) is 0 Å². The quantitative estimate of drug-likeness (QED) is 0.767. The number of rotatable bonds is 3. The van der Waals surface area contributed by atoms with E-state index in [9.17, 15) is 9.59 Å². The molecule has 0 spiro atoms. The second-order valence-electron chi connectivity index (χ2n) is 4.86. The number of hydrogen-bond acceptors (Lipinski definition) is 3. The fourth-order valence-electron chi connectivity index (χ4n) is 2.58. The summed E-state index contributed by atoms with van der Waals surface area (Å²) < 4.78 is 0. The number of hydrogen-bond donors (Lipinski definition) is 1. The molecule has 0 aromatic rings. The van der Waals surface area contributed by atoms with E-state index < -0.39 is 0 Å². The second-order valence-corrected chi connectivity index (χ2v) is 4.86. The first-order valence-electron chi connectivity index (χ1n) is 6.24. The minimum Gasteiger partial charge on any atom is -0.340 e. The van der Waals surface area contributed by atoms with E-state index in [4.69, 9.17) is 5.73 Å². The highest BCUT2D eigenvalue weighted by atomic mass is 16.2. The van der Waals surface area contributed by atoms with Gasteiger partial charge in [-0.3, -0.25) is 9.59 Å². The lowest BCUT2D eigenvalue weighted by Gasteiger charge is -2.41. The van der Waals surface area contributed by atoms with E-state index in [0.29, 0.717) is 6.54 Å². The summed E-state index contributed by atoms with van der Waals surface area (Å²) in [7, 11) is 0. The van der Waals surface area contributed by atoms with Gasteiger partial charge in [0.05, 0.1) is 6.54 Å². The largest absolute Gasteiger partial charge is 0.340 e. The molecule has 0 bridgehead atoms. The van der Waals surface area contributed by atoms with Crippen LogP contribution in [0.3, 0.4) is 0 Å². The first-order valence-corrected chi connectivity index (χ1v) is 6.24. The van der Waals surface area contributed by atoms with E-state index in [1.165, 1.54) is 0 Å². The third kappa shape index (κ3) is 3.43. The Morgan fingerprint density at radius 3 is 2.59 bits per heavy atom. The Labute approximate surface area is 103 Å². The fraction of sp³-hybridized carbons (Fsp3) is 0.833. The Balaban J connectivity index is 2.70. The van der Waals surface area contributed by atoms with Gasteiger partial charge in [0.1, 0.15) is 0 Å². The Morgan fingerprint density at radius 2 is 2.12 bits per heavy atom. The highest BCUT2D eigenvalue weighted by molar-refractivity contribution is 5.78. The van der Waals surface area contributed by atoms with Crippen LogP contribution in [0.1, 0.15) is 33.6 Å². The highest BCUT2D eigenvalue weighted by Gasteiger charge is 2.29. The predicted molar refractivity (Wildman–Crippen MR) is 66.3 cm³/mol. The maximum atomic E-state index is 11.6. The van der Waals surface area contributed by atoms with Crippen LogP contribution in [-0.2, 0) is 9.59 Å². The molecule has 1 rings (SSSR count). The van der Waals surface area contributed by atoms with E-state index in [1.54, 1.807) is 11.8 Å². The molecule has 1 aliphatic heterocycles. The standard InChI is InChI=1S/C12H23N3O2/c1-9(2)15(10(3)16)11-5-4-6-14(8-11)12(17)7-13/h9,11H,4-8,13H2,1-3H3. The van der Waals surface area contributed by atoms with Crippen molar-refractivity contribution >= 4 is 11.8 Å². The molecule has 1 heterocycles. The molecule has 1 saturated heterocycles. The molecule has 1 aliphatic rings. The summed E-state index contributed by atoms with van der Waals surface area (Å²) >= 11 is 0. The van der Waals surface area contributed by atoms with Crippen LogP contribution in [0, 0.1) is 0 Å². The molecule has 17 heavy (non-hydrogen) atoms. The minimum atomic E-state index is -0.0260. The van der Waals surface area contributed by atoms with Crippen molar-refractivity contribution in [2.24, 2.45) is 5.73 Å². The van der Waals surface area contributed by atoms with Gasteiger partial charge in [-0.05, 0) is 26.7 Å². The van der Waals surface area contributed by atoms with Gasteiger partial charge in [0.15, 0.2) is 0 Å². The molecule has 5 heteroatoms. The maximum Gasteiger partial charge on any atom is 0.236 e. The first kappa shape index (κ1) is 14.0. The Morgan fingerprint density at radius 1 is 1.47 bits per heavy atom. The van der Waals surface area contributed by atoms with Gasteiger partial charge < -0.3 is 15.5 Å². The molecule has 5 nitrogen and oxygen atoms in total. The maximum absolute atomic E-state index is 11.6. The number of nitrogens with zero attached hydrogens (tertiary/aromatic N) is 2. The summed E-state index contributed by atoms with van der Waals surface area (Å²) in [5.74, 6) is 0.0500. The molecule has 1 atom stereocenters. The molecule has 98 valence electrons. The van der Waals surface area contributed by atoms with Crippen LogP contribution >= 0.6 is 0 Å². The van der Waals surface area contributed by atoms with E-state index in [1.807, 2.05) is 18.7 Å². The molecular weight excluding hydrogens is 218 g/mol. The lowest BCUT2D eigenvalue weighted by Crippen LogP contribution is -2.54. The average Bonchev–Trinajstić information content (AvgIpc) is 2.27. The van der Waals surface area contributed by atoms with Crippen LogP contribution in [0.4, 0.5) is 0 Å². The van der Waals surface area contributed by atoms with Gasteiger partial charge in [-0.25, -0.2) is 0 Å². The zero-order chi connectivity index (χ0) is 13.0. The first-order chi connectivity index (χ1) is 7.97. The molecular formula is C12H23N3O2. The van der Waals surface area contributed by atoms with Gasteiger partial charge in [0.25, 0.3) is 0 Å². The molecule has 2 amide bonds. The van der Waals surface area contributed by atoms with Crippen molar-refractivity contribution in [3.63, 3.8) is 0 Å². The van der Waals surface area contributed by atoms with Crippen molar-refractivity contribution in [1.29, 1.82) is 0 Å². The van der Waals surface area contributed by atoms with Gasteiger partial charge in [-0.15, -0.1) is 0 Å². The van der Waals surface area contributed by atoms with E-state index in [2.05, 4.69) is 0 Å². The van der Waals surface area contributed by atoms with Crippen molar-refractivity contribution in [3.8, 4) is 0 Å². The molecule has 0 aromatic heterocycles. The summed E-state index contributed by atoms with van der Waals surface area (Å²) in [5.41, 5.74) is 5.37. The Bertz CT molecular complexity index is 291. The normalized spacial score (nSPS) is 20.5. The van der Waals surface area contributed by atoms with Gasteiger partial charge >= 0.3 is 0 Å². The fourth-order valence-corrected chi connectivity index (χ4v) is 2.58. The van der Waals surface area contributed by atoms with Crippen molar-refractivity contribution < 1.29 is 9.59 Å². The van der Waals surface area contributed by atoms with Crippen molar-refractivity contribution in [2.75, 3.05) is 19.6 Å². The number of nitrogens with two attached hydrogens (primary N) is 1. The third-order valence-electron chi connectivity index (χ3n) is 3.24. The van der Waals surface area contributed by atoms with E-state index >= 15 is 0 Å². The summed E-state index contributed by atoms with van der Waals surface area (Å²) in [4.78, 5) is 26.8. The predicted octanol–water partition coefficient (Wildman–Crippen LogP) is 0.193. The van der Waals surface area contributed by atoms with Crippen LogP contribution in [0.5, 0.6) is 0 Å². The number of piperidine rings is 1. The minimum absolute atomic E-state index is 0.0260. The van der Waals surface area contributed by atoms with Crippen molar-refractivity contribution in [1.82, 2.24) is 9.80 Å². The van der Waals surface area contributed by atoms with Crippen LogP contribution in [0.25, 0.3) is 0 Å². The van der Waals surface area contributed by atoms with Gasteiger partial charge in [0.2, 0.25) is 11.8 Å². The van der Waals surface area contributed by atoms with Crippen LogP contribution in [0.15, 0.2) is 0 Å². The molecule has 1 fully saturated rings. The van der Waals surface area contributed by atoms with Crippen molar-refractivity contribution in [2.45, 2.75) is 45.7 Å². The van der Waals surface area contributed by atoms with Gasteiger partial charge in [0, 0.05) is 32.1 Å². The van der Waals surface area contributed by atoms with Crippen LogP contribution < -0.4 is 5.73 Å². The molecule has 0 aliphatic carbocycles. The zero-order valence-corrected chi connectivity index (χ0v) is 11.0. The summed E-state index contributed by atoms with van der Waals surface area (Å²) in [6.07, 6.45) is 1.90.